The van der Waals surface area contributed by atoms with Crippen LogP contribution in [0.2, 0.25) is 0 Å². The standard InChI is InChI=1S/C29H46N2O.ClH/c1-4-7-10-12-16-22-31(23-17-13-11-8-5-2)29(30)27-20-21-28(32-24-9-6-3)26-19-15-14-18-25(26)27;/h14-15,18-21,30H,4-13,16-17,22-24H2,1-3H3;1H. The van der Waals surface area contributed by atoms with Crippen LogP contribution in [0, 0.1) is 5.41 Å². The molecular formula is C29H47ClN2O. The smallest absolute Gasteiger partial charge is 0.128 e. The fraction of sp³-hybridized carbons (Fsp3) is 0.621. The molecule has 0 amide bonds. The number of amidine groups is 1. The van der Waals surface area contributed by atoms with Gasteiger partial charge in [-0.1, -0.05) is 103 Å². The maximum Gasteiger partial charge on any atom is 0.128 e. The van der Waals surface area contributed by atoms with Crippen molar-refractivity contribution >= 4 is 29.0 Å². The van der Waals surface area contributed by atoms with Crippen molar-refractivity contribution in [2.45, 2.75) is 97.8 Å². The molecule has 186 valence electrons. The van der Waals surface area contributed by atoms with E-state index in [9.17, 15) is 0 Å². The topological polar surface area (TPSA) is 36.3 Å². The Kier molecular flexibility index (Phi) is 15.7. The molecule has 0 saturated heterocycles. The summed E-state index contributed by atoms with van der Waals surface area (Å²) in [5.74, 6) is 1.61. The average Bonchev–Trinajstić information content (AvgIpc) is 2.82. The maximum atomic E-state index is 9.13. The van der Waals surface area contributed by atoms with E-state index in [1.807, 2.05) is 0 Å². The zero-order valence-electron chi connectivity index (χ0n) is 21.3. The van der Waals surface area contributed by atoms with Gasteiger partial charge in [0.25, 0.3) is 0 Å². The van der Waals surface area contributed by atoms with E-state index >= 15 is 0 Å². The van der Waals surface area contributed by atoms with Crippen LogP contribution in [-0.2, 0) is 0 Å². The Morgan fingerprint density at radius 1 is 0.697 bits per heavy atom. The second kappa shape index (κ2) is 17.7. The van der Waals surface area contributed by atoms with Crippen LogP contribution in [0.15, 0.2) is 36.4 Å². The van der Waals surface area contributed by atoms with Crippen LogP contribution in [-0.4, -0.2) is 30.4 Å². The summed E-state index contributed by atoms with van der Waals surface area (Å²) in [6.07, 6.45) is 14.9. The monoisotopic (exact) mass is 474 g/mol. The molecule has 4 heteroatoms. The molecule has 0 bridgehead atoms. The van der Waals surface area contributed by atoms with E-state index in [1.54, 1.807) is 0 Å². The van der Waals surface area contributed by atoms with Crippen LogP contribution in [0.25, 0.3) is 10.8 Å². The predicted octanol–water partition coefficient (Wildman–Crippen LogP) is 9.01. The first-order valence-electron chi connectivity index (χ1n) is 13.2. The minimum Gasteiger partial charge on any atom is -0.493 e. The van der Waals surface area contributed by atoms with Gasteiger partial charge < -0.3 is 9.64 Å². The molecule has 0 saturated carbocycles. The minimum atomic E-state index is 0. The Labute approximate surface area is 209 Å². The maximum absolute atomic E-state index is 9.13. The number of rotatable bonds is 17. The highest BCUT2D eigenvalue weighted by Gasteiger charge is 2.16. The van der Waals surface area contributed by atoms with Crippen molar-refractivity contribution < 1.29 is 4.74 Å². The van der Waals surface area contributed by atoms with Crippen molar-refractivity contribution in [1.82, 2.24) is 4.90 Å². The third-order valence-electron chi connectivity index (χ3n) is 6.27. The quantitative estimate of drug-likeness (QED) is 0.141. The molecule has 0 aliphatic heterocycles. The van der Waals surface area contributed by atoms with E-state index in [0.29, 0.717) is 5.84 Å². The summed E-state index contributed by atoms with van der Waals surface area (Å²) in [4.78, 5) is 2.33. The van der Waals surface area contributed by atoms with Crippen LogP contribution in [0.5, 0.6) is 5.75 Å². The molecule has 2 rings (SSSR count). The van der Waals surface area contributed by atoms with Crippen molar-refractivity contribution in [2.75, 3.05) is 19.7 Å². The van der Waals surface area contributed by atoms with Gasteiger partial charge in [0.15, 0.2) is 0 Å². The number of benzene rings is 2. The summed E-state index contributed by atoms with van der Waals surface area (Å²) >= 11 is 0. The number of ether oxygens (including phenoxy) is 1. The van der Waals surface area contributed by atoms with Gasteiger partial charge in [-0.05, 0) is 36.8 Å². The summed E-state index contributed by atoms with van der Waals surface area (Å²) < 4.78 is 6.08. The van der Waals surface area contributed by atoms with E-state index in [2.05, 4.69) is 62.1 Å². The first-order chi connectivity index (χ1) is 15.7. The van der Waals surface area contributed by atoms with Gasteiger partial charge in [-0.15, -0.1) is 12.4 Å². The van der Waals surface area contributed by atoms with Gasteiger partial charge in [-0.2, -0.15) is 0 Å². The highest BCUT2D eigenvalue weighted by molar-refractivity contribution is 6.09. The number of hydrogen-bond acceptors (Lipinski definition) is 2. The lowest BCUT2D eigenvalue weighted by atomic mass is 10.0. The van der Waals surface area contributed by atoms with Gasteiger partial charge in [0, 0.05) is 24.0 Å². The highest BCUT2D eigenvalue weighted by atomic mass is 35.5. The number of hydrogen-bond donors (Lipinski definition) is 1. The van der Waals surface area contributed by atoms with Crippen LogP contribution < -0.4 is 4.74 Å². The molecule has 0 fully saturated rings. The summed E-state index contributed by atoms with van der Waals surface area (Å²) in [7, 11) is 0. The van der Waals surface area contributed by atoms with Gasteiger partial charge in [0.2, 0.25) is 0 Å². The highest BCUT2D eigenvalue weighted by Crippen LogP contribution is 2.30. The Morgan fingerprint density at radius 3 is 1.82 bits per heavy atom. The van der Waals surface area contributed by atoms with E-state index in [1.165, 1.54) is 64.2 Å². The van der Waals surface area contributed by atoms with Crippen LogP contribution >= 0.6 is 12.4 Å². The van der Waals surface area contributed by atoms with Gasteiger partial charge >= 0.3 is 0 Å². The number of nitrogens with one attached hydrogen (secondary N) is 1. The van der Waals surface area contributed by atoms with Crippen molar-refractivity contribution in [3.8, 4) is 5.75 Å². The van der Waals surface area contributed by atoms with Crippen LogP contribution in [0.3, 0.4) is 0 Å². The lowest BCUT2D eigenvalue weighted by molar-refractivity contribution is 0.313. The number of nitrogens with zero attached hydrogens (tertiary/aromatic N) is 1. The van der Waals surface area contributed by atoms with Crippen LogP contribution in [0.4, 0.5) is 0 Å². The van der Waals surface area contributed by atoms with E-state index in [4.69, 9.17) is 10.1 Å². The van der Waals surface area contributed by atoms with Crippen molar-refractivity contribution in [1.29, 1.82) is 5.41 Å². The molecule has 0 atom stereocenters. The van der Waals surface area contributed by atoms with Crippen molar-refractivity contribution in [3.05, 3.63) is 42.0 Å². The normalized spacial score (nSPS) is 10.8. The van der Waals surface area contributed by atoms with Gasteiger partial charge in [-0.25, -0.2) is 0 Å². The molecule has 1 N–H and O–H groups in total. The lowest BCUT2D eigenvalue weighted by Gasteiger charge is -2.26. The Bertz CT molecular complexity index is 778. The first-order valence-corrected chi connectivity index (χ1v) is 13.2. The van der Waals surface area contributed by atoms with Gasteiger partial charge in [0.1, 0.15) is 11.6 Å². The molecule has 0 unspecified atom stereocenters. The fourth-order valence-electron chi connectivity index (χ4n) is 4.25. The SMILES string of the molecule is CCCCCCCN(CCCCCCC)C(=N)c1ccc(OCCCC)c2ccccc12.Cl. The zero-order valence-corrected chi connectivity index (χ0v) is 22.2. The number of unbranched alkanes of at least 4 members (excludes halogenated alkanes) is 9. The number of halogens is 1. The molecule has 0 heterocycles. The molecule has 3 nitrogen and oxygen atoms in total. The van der Waals surface area contributed by atoms with E-state index in [-0.39, 0.29) is 12.4 Å². The molecule has 33 heavy (non-hydrogen) atoms. The molecule has 0 radical (unpaired) electrons. The van der Waals surface area contributed by atoms with Crippen LogP contribution in [0.1, 0.15) is 103 Å². The summed E-state index contributed by atoms with van der Waals surface area (Å²) in [6.45, 7) is 9.43. The zero-order chi connectivity index (χ0) is 23.0. The van der Waals surface area contributed by atoms with Gasteiger partial charge in [0.05, 0.1) is 6.61 Å². The molecular weight excluding hydrogens is 428 g/mol. The molecule has 0 spiro atoms. The van der Waals surface area contributed by atoms with Crippen molar-refractivity contribution in [3.63, 3.8) is 0 Å². The molecule has 0 aliphatic carbocycles. The summed E-state index contributed by atoms with van der Waals surface area (Å²) in [5, 5.41) is 11.4. The summed E-state index contributed by atoms with van der Waals surface area (Å²) in [6, 6.07) is 12.6. The number of fused-ring (bicyclic) bond motifs is 1. The molecule has 2 aromatic rings. The first kappa shape index (κ1) is 29.3. The largest absolute Gasteiger partial charge is 0.493 e. The molecule has 0 aromatic heterocycles. The average molecular weight is 475 g/mol. The van der Waals surface area contributed by atoms with Crippen molar-refractivity contribution in [2.24, 2.45) is 0 Å². The molecule has 0 aliphatic rings. The van der Waals surface area contributed by atoms with E-state index < -0.39 is 0 Å². The minimum absolute atomic E-state index is 0. The fourth-order valence-corrected chi connectivity index (χ4v) is 4.25. The molecule has 2 aromatic carbocycles. The van der Waals surface area contributed by atoms with E-state index in [0.717, 1.165) is 54.6 Å². The Morgan fingerprint density at radius 2 is 1.24 bits per heavy atom. The predicted molar refractivity (Wildman–Crippen MR) is 148 cm³/mol. The second-order valence-corrected chi connectivity index (χ2v) is 9.02. The second-order valence-electron chi connectivity index (χ2n) is 9.02. The third kappa shape index (κ3) is 9.96. The Balaban J connectivity index is 0.00000544. The van der Waals surface area contributed by atoms with Gasteiger partial charge in [-0.3, -0.25) is 5.41 Å². The third-order valence-corrected chi connectivity index (χ3v) is 6.27. The summed E-state index contributed by atoms with van der Waals surface area (Å²) in [5.41, 5.74) is 1.03. The Hall–Kier alpha value is -1.74. The lowest BCUT2D eigenvalue weighted by Crippen LogP contribution is -2.33.